The Hall–Kier alpha value is -1.75. The summed E-state index contributed by atoms with van der Waals surface area (Å²) in [7, 11) is 0. The van der Waals surface area contributed by atoms with E-state index in [9.17, 15) is 9.18 Å². The molecule has 1 amide bonds. The molecular weight excluding hydrogens is 259 g/mol. The predicted octanol–water partition coefficient (Wildman–Crippen LogP) is 2.00. The van der Waals surface area contributed by atoms with Gasteiger partial charge in [-0.2, -0.15) is 0 Å². The minimum Gasteiger partial charge on any atom is -0.396 e. The largest absolute Gasteiger partial charge is 0.396 e. The number of halogens is 1. The molecule has 2 rings (SSSR count). The number of amides is 1. The summed E-state index contributed by atoms with van der Waals surface area (Å²) in [6.45, 7) is 0.807. The van der Waals surface area contributed by atoms with E-state index in [4.69, 9.17) is 5.11 Å². The zero-order valence-electron chi connectivity index (χ0n) is 11.3. The molecule has 0 aliphatic carbocycles. The number of carbonyl (C=O) groups is 1. The normalized spacial score (nSPS) is 19.5. The zero-order chi connectivity index (χ0) is 14.4. The van der Waals surface area contributed by atoms with Gasteiger partial charge in [0.15, 0.2) is 0 Å². The van der Waals surface area contributed by atoms with E-state index in [1.807, 2.05) is 0 Å². The lowest BCUT2D eigenvalue weighted by Gasteiger charge is -2.34. The van der Waals surface area contributed by atoms with Gasteiger partial charge in [-0.25, -0.2) is 4.39 Å². The molecular formula is C15H19FN2O2. The summed E-state index contributed by atoms with van der Waals surface area (Å²) in [5.74, 6) is -0.511. The van der Waals surface area contributed by atoms with Crippen molar-refractivity contribution < 1.29 is 14.3 Å². The quantitative estimate of drug-likeness (QED) is 0.857. The second-order valence-electron chi connectivity index (χ2n) is 4.96. The van der Waals surface area contributed by atoms with E-state index in [1.54, 1.807) is 11.0 Å². The number of piperidine rings is 1. The van der Waals surface area contributed by atoms with Crippen LogP contribution >= 0.6 is 0 Å². The van der Waals surface area contributed by atoms with Crippen LogP contribution in [0.25, 0.3) is 6.08 Å². The maximum atomic E-state index is 13.0. The molecule has 0 saturated carbocycles. The summed E-state index contributed by atoms with van der Waals surface area (Å²) in [5, 5.41) is 9.05. The number of aliphatic hydroxyl groups is 1. The Morgan fingerprint density at radius 3 is 3.10 bits per heavy atom. The Morgan fingerprint density at radius 2 is 2.35 bits per heavy atom. The maximum Gasteiger partial charge on any atom is 0.246 e. The van der Waals surface area contributed by atoms with Crippen LogP contribution in [0.2, 0.25) is 0 Å². The predicted molar refractivity (Wildman–Crippen MR) is 74.3 cm³/mol. The molecule has 5 heteroatoms. The van der Waals surface area contributed by atoms with Crippen LogP contribution in [0, 0.1) is 5.82 Å². The van der Waals surface area contributed by atoms with Gasteiger partial charge in [-0.15, -0.1) is 0 Å². The fraction of sp³-hybridized carbons (Fsp3) is 0.467. The highest BCUT2D eigenvalue weighted by molar-refractivity contribution is 5.92. The first kappa shape index (κ1) is 14.7. The van der Waals surface area contributed by atoms with Crippen molar-refractivity contribution in [3.8, 4) is 0 Å². The van der Waals surface area contributed by atoms with Crippen LogP contribution in [0.15, 0.2) is 24.5 Å². The number of likely N-dealkylation sites (tertiary alicyclic amines) is 1. The van der Waals surface area contributed by atoms with Gasteiger partial charge in [0, 0.05) is 31.5 Å². The van der Waals surface area contributed by atoms with E-state index in [0.717, 1.165) is 32.0 Å². The third kappa shape index (κ3) is 3.87. The molecule has 1 N–H and O–H groups in total. The molecule has 1 aliphatic heterocycles. The molecule has 108 valence electrons. The van der Waals surface area contributed by atoms with Gasteiger partial charge in [-0.05, 0) is 43.4 Å². The van der Waals surface area contributed by atoms with Gasteiger partial charge in [0.25, 0.3) is 0 Å². The SMILES string of the molecule is O=C(/C=C/c1cncc(F)c1)N1CCCCC1CCO. The fourth-order valence-corrected chi connectivity index (χ4v) is 2.52. The van der Waals surface area contributed by atoms with Gasteiger partial charge < -0.3 is 10.0 Å². The van der Waals surface area contributed by atoms with Crippen molar-refractivity contribution in [1.82, 2.24) is 9.88 Å². The molecule has 1 aliphatic rings. The lowest BCUT2D eigenvalue weighted by atomic mass is 9.99. The van der Waals surface area contributed by atoms with Crippen molar-refractivity contribution in [2.75, 3.05) is 13.2 Å². The first-order valence-electron chi connectivity index (χ1n) is 6.91. The average molecular weight is 278 g/mol. The van der Waals surface area contributed by atoms with E-state index in [0.29, 0.717) is 12.0 Å². The summed E-state index contributed by atoms with van der Waals surface area (Å²) >= 11 is 0. The molecule has 0 radical (unpaired) electrons. The topological polar surface area (TPSA) is 53.4 Å². The van der Waals surface area contributed by atoms with Crippen molar-refractivity contribution in [3.63, 3.8) is 0 Å². The molecule has 2 heterocycles. The molecule has 1 atom stereocenters. The summed E-state index contributed by atoms with van der Waals surface area (Å²) in [5.41, 5.74) is 0.564. The highest BCUT2D eigenvalue weighted by Gasteiger charge is 2.24. The second kappa shape index (κ2) is 7.14. The monoisotopic (exact) mass is 278 g/mol. The van der Waals surface area contributed by atoms with Crippen molar-refractivity contribution in [2.45, 2.75) is 31.7 Å². The number of rotatable bonds is 4. The second-order valence-corrected chi connectivity index (χ2v) is 4.96. The number of hydrogen-bond donors (Lipinski definition) is 1. The van der Waals surface area contributed by atoms with Crippen molar-refractivity contribution in [3.05, 3.63) is 35.9 Å². The molecule has 0 bridgehead atoms. The molecule has 20 heavy (non-hydrogen) atoms. The fourth-order valence-electron chi connectivity index (χ4n) is 2.52. The summed E-state index contributed by atoms with van der Waals surface area (Å²) in [6, 6.07) is 1.44. The molecule has 1 unspecified atom stereocenters. The Kier molecular flexibility index (Phi) is 5.24. The highest BCUT2D eigenvalue weighted by Crippen LogP contribution is 2.20. The molecule has 1 saturated heterocycles. The Morgan fingerprint density at radius 1 is 1.50 bits per heavy atom. The lowest BCUT2D eigenvalue weighted by molar-refractivity contribution is -0.129. The smallest absolute Gasteiger partial charge is 0.246 e. The third-order valence-corrected chi connectivity index (χ3v) is 3.52. The molecule has 1 fully saturated rings. The Bertz CT molecular complexity index is 489. The number of hydrogen-bond acceptors (Lipinski definition) is 3. The highest BCUT2D eigenvalue weighted by atomic mass is 19.1. The van der Waals surface area contributed by atoms with Crippen molar-refractivity contribution >= 4 is 12.0 Å². The number of carbonyl (C=O) groups excluding carboxylic acids is 1. The van der Waals surface area contributed by atoms with Crippen molar-refractivity contribution in [1.29, 1.82) is 0 Å². The summed E-state index contributed by atoms with van der Waals surface area (Å²) in [4.78, 5) is 17.7. The van der Waals surface area contributed by atoms with Crippen LogP contribution in [0.4, 0.5) is 4.39 Å². The molecule has 1 aromatic rings. The van der Waals surface area contributed by atoms with E-state index in [2.05, 4.69) is 4.98 Å². The van der Waals surface area contributed by atoms with Crippen LogP contribution in [0.3, 0.4) is 0 Å². The minimum atomic E-state index is -0.421. The maximum absolute atomic E-state index is 13.0. The number of aliphatic hydroxyl groups excluding tert-OH is 1. The summed E-state index contributed by atoms with van der Waals surface area (Å²) < 4.78 is 13.0. The molecule has 1 aromatic heterocycles. The van der Waals surface area contributed by atoms with Crippen molar-refractivity contribution in [2.24, 2.45) is 0 Å². The number of nitrogens with zero attached hydrogens (tertiary/aromatic N) is 2. The number of pyridine rings is 1. The molecule has 4 nitrogen and oxygen atoms in total. The van der Waals surface area contributed by atoms with Gasteiger partial charge in [-0.1, -0.05) is 0 Å². The zero-order valence-corrected chi connectivity index (χ0v) is 11.3. The molecule has 0 spiro atoms. The molecule has 0 aromatic carbocycles. The third-order valence-electron chi connectivity index (χ3n) is 3.52. The Balaban J connectivity index is 2.02. The van der Waals surface area contributed by atoms with Crippen LogP contribution in [0.5, 0.6) is 0 Å². The standard InChI is InChI=1S/C15H19FN2O2/c16-13-9-12(10-17-11-13)4-5-15(20)18-7-2-1-3-14(18)6-8-19/h4-5,9-11,14,19H,1-3,6-8H2/b5-4+. The Labute approximate surface area is 117 Å². The van der Waals surface area contributed by atoms with E-state index in [-0.39, 0.29) is 18.6 Å². The first-order valence-corrected chi connectivity index (χ1v) is 6.91. The first-order chi connectivity index (χ1) is 9.70. The minimum absolute atomic E-state index is 0.0893. The van der Waals surface area contributed by atoms with Gasteiger partial charge in [0.2, 0.25) is 5.91 Å². The van der Waals surface area contributed by atoms with Crippen LogP contribution < -0.4 is 0 Å². The average Bonchev–Trinajstić information content (AvgIpc) is 2.46. The van der Waals surface area contributed by atoms with Gasteiger partial charge in [0.05, 0.1) is 6.20 Å². The summed E-state index contributed by atoms with van der Waals surface area (Å²) in [6.07, 6.45) is 9.28. The van der Waals surface area contributed by atoms with Gasteiger partial charge in [0.1, 0.15) is 5.82 Å². The van der Waals surface area contributed by atoms with Gasteiger partial charge in [-0.3, -0.25) is 9.78 Å². The van der Waals surface area contributed by atoms with E-state index in [1.165, 1.54) is 18.3 Å². The van der Waals surface area contributed by atoms with Crippen LogP contribution in [0.1, 0.15) is 31.2 Å². The number of aromatic nitrogens is 1. The lowest BCUT2D eigenvalue weighted by Crippen LogP contribution is -2.43. The van der Waals surface area contributed by atoms with E-state index >= 15 is 0 Å². The van der Waals surface area contributed by atoms with Gasteiger partial charge >= 0.3 is 0 Å². The van der Waals surface area contributed by atoms with Crippen LogP contribution in [-0.2, 0) is 4.79 Å². The van der Waals surface area contributed by atoms with E-state index < -0.39 is 5.82 Å². The van der Waals surface area contributed by atoms with Crippen LogP contribution in [-0.4, -0.2) is 40.1 Å².